The predicted octanol–water partition coefficient (Wildman–Crippen LogP) is 16.7. The summed E-state index contributed by atoms with van der Waals surface area (Å²) in [6.45, 7) is 13.5. The molecule has 0 unspecified atom stereocenters. The van der Waals surface area contributed by atoms with Crippen molar-refractivity contribution in [3.8, 4) is 67.5 Å². The minimum absolute atomic E-state index is 0. The van der Waals surface area contributed by atoms with Crippen LogP contribution in [0.4, 0.5) is 0 Å². The Hall–Kier alpha value is -5.57. The van der Waals surface area contributed by atoms with Crippen molar-refractivity contribution in [1.29, 1.82) is 0 Å². The summed E-state index contributed by atoms with van der Waals surface area (Å²) in [5.74, 6) is 0.577. The molecule has 5 heteroatoms. The molecule has 0 spiro atoms. The second-order valence-corrected chi connectivity index (χ2v) is 21.5. The SMILES string of the molecule is [2H]c1nc(-c2[c-]c(-c3cccc4c3nc(-c3cc(C(C)(C)C)cc(C(C)(C)C)c3O)n4-c3ccc(C(C)(C)C)cc3-c3ccccc3)cc(C(C)(C)C)c2)cc(-c2c([2H])c([2H])c(C(C([2H])([2H])[2H])(C([2H])([2H])[2H])C([2H])([2H])[2H])c([2H])c2[2H])c1[2H].[Pt]. The first-order chi connectivity index (χ1) is 37.0. The average Bonchev–Trinajstić information content (AvgIpc) is 3.81. The van der Waals surface area contributed by atoms with Gasteiger partial charge in [-0.2, -0.15) is 0 Å². The molecule has 2 aromatic heterocycles. The van der Waals surface area contributed by atoms with Crippen LogP contribution in [0.25, 0.3) is 72.7 Å². The fourth-order valence-electron chi connectivity index (χ4n) is 8.14. The Morgan fingerprint density at radius 3 is 1.79 bits per heavy atom. The topological polar surface area (TPSA) is 50.9 Å². The molecule has 0 bridgehead atoms. The van der Waals surface area contributed by atoms with Gasteiger partial charge in [0.1, 0.15) is 11.6 Å². The molecule has 0 amide bonds. The summed E-state index contributed by atoms with van der Waals surface area (Å²) >= 11 is 0. The third-order valence-corrected chi connectivity index (χ3v) is 12.1. The van der Waals surface area contributed by atoms with Crippen molar-refractivity contribution < 1.29 is 46.7 Å². The fraction of sp³-hybridized carbons (Fsp3) is 0.323. The van der Waals surface area contributed by atoms with Crippen LogP contribution in [-0.2, 0) is 48.1 Å². The van der Waals surface area contributed by atoms with Crippen molar-refractivity contribution >= 4 is 11.0 Å². The van der Waals surface area contributed by atoms with Crippen molar-refractivity contribution in [3.05, 3.63) is 167 Å². The third kappa shape index (κ3) is 10.0. The van der Waals surface area contributed by atoms with Gasteiger partial charge >= 0.3 is 0 Å². The van der Waals surface area contributed by atoms with Crippen LogP contribution in [0, 0.1) is 6.07 Å². The number of phenolic OH excluding ortho intramolecular Hbond substituents is 1. The average molecular weight is 1080 g/mol. The number of hydrogen-bond donors (Lipinski definition) is 1. The molecule has 8 aromatic rings. The number of pyridine rings is 1. The number of nitrogens with zero attached hydrogens (tertiary/aromatic N) is 3. The maximum Gasteiger partial charge on any atom is 0.148 e. The van der Waals surface area contributed by atoms with E-state index in [-0.39, 0.29) is 48.9 Å². The zero-order valence-electron chi connectivity index (χ0n) is 55.3. The van der Waals surface area contributed by atoms with Crippen LogP contribution in [0.1, 0.15) is 152 Å². The van der Waals surface area contributed by atoms with E-state index in [1.165, 1.54) is 6.07 Å². The van der Waals surface area contributed by atoms with E-state index in [0.717, 1.165) is 39.1 Å². The summed E-state index contributed by atoms with van der Waals surface area (Å²) in [5, 5.41) is 12.6. The molecule has 0 aliphatic rings. The second kappa shape index (κ2) is 17.8. The standard InChI is InChI=1S/C62H68N3O.Pt/c1-58(2,3)44-26-24-39(25-27-44)41-30-31-63-52(35-41)43-32-42(33-46(34-43)60(7,8)9)48-22-19-23-54-55(48)64-57(50-37-47(61(10,11)12)38-51(56(50)66)62(13,14)15)65(54)53-29-28-45(59(4,5)6)36-49(53)40-20-17-16-18-21-40;/h16-31,33-38,66H,1-15H3;/q-1;/i1D3,2D3,3D3,24D,25D,26D,27D,30D,31D;. The van der Waals surface area contributed by atoms with Crippen LogP contribution in [0.5, 0.6) is 5.75 Å². The van der Waals surface area contributed by atoms with Crippen LogP contribution in [0.15, 0.2) is 133 Å². The van der Waals surface area contributed by atoms with Gasteiger partial charge in [0.05, 0.1) is 30.5 Å². The number of rotatable bonds is 6. The molecule has 0 saturated carbocycles. The van der Waals surface area contributed by atoms with Crippen LogP contribution in [0.2, 0.25) is 0 Å². The third-order valence-electron chi connectivity index (χ3n) is 12.1. The molecule has 0 aliphatic carbocycles. The molecule has 0 atom stereocenters. The monoisotopic (exact) mass is 1080 g/mol. The van der Waals surface area contributed by atoms with E-state index in [1.54, 1.807) is 0 Å². The Kier molecular flexibility index (Phi) is 8.78. The van der Waals surface area contributed by atoms with Gasteiger partial charge in [0.15, 0.2) is 0 Å². The normalized spacial score (nSPS) is 16.4. The van der Waals surface area contributed by atoms with E-state index < -0.39 is 84.3 Å². The van der Waals surface area contributed by atoms with Crippen LogP contribution in [-0.4, -0.2) is 19.6 Å². The summed E-state index contributed by atoms with van der Waals surface area (Å²) in [7, 11) is 0. The smallest absolute Gasteiger partial charge is 0.148 e. The van der Waals surface area contributed by atoms with Gasteiger partial charge in [-0.05, 0) is 90.8 Å². The number of hydrogen-bond acceptors (Lipinski definition) is 3. The molecule has 1 N–H and O–H groups in total. The predicted molar refractivity (Wildman–Crippen MR) is 280 cm³/mol. The molecule has 0 saturated heterocycles. The maximum absolute atomic E-state index is 12.6. The Morgan fingerprint density at radius 1 is 0.537 bits per heavy atom. The van der Waals surface area contributed by atoms with Gasteiger partial charge in [-0.25, -0.2) is 4.98 Å². The second-order valence-electron chi connectivity index (χ2n) is 21.5. The first-order valence-corrected chi connectivity index (χ1v) is 22.3. The largest absolute Gasteiger partial charge is 0.507 e. The molecule has 67 heavy (non-hydrogen) atoms. The number of aromatic nitrogens is 3. The number of fused-ring (bicyclic) bond motifs is 1. The van der Waals surface area contributed by atoms with E-state index in [9.17, 15) is 7.85 Å². The maximum atomic E-state index is 12.6. The minimum atomic E-state index is -3.89. The first kappa shape index (κ1) is 33.0. The molecule has 0 fully saturated rings. The number of phenols is 1. The summed E-state index contributed by atoms with van der Waals surface area (Å²) in [6.07, 6.45) is -0.634. The number of imidazole rings is 1. The van der Waals surface area contributed by atoms with Crippen molar-refractivity contribution in [3.63, 3.8) is 0 Å². The molecule has 6 aromatic carbocycles. The molecule has 0 radical (unpaired) electrons. The van der Waals surface area contributed by atoms with E-state index in [0.29, 0.717) is 39.1 Å². The number of aromatic hydroxyl groups is 1. The van der Waals surface area contributed by atoms with Crippen molar-refractivity contribution in [2.45, 2.75) is 131 Å². The van der Waals surface area contributed by atoms with Gasteiger partial charge in [-0.15, -0.1) is 29.3 Å². The Bertz CT molecular complexity index is 3730. The van der Waals surface area contributed by atoms with Gasteiger partial charge in [-0.1, -0.05) is 200 Å². The van der Waals surface area contributed by atoms with Crippen molar-refractivity contribution in [2.75, 3.05) is 0 Å². The zero-order chi connectivity index (χ0) is 60.4. The molecule has 4 nitrogen and oxygen atoms in total. The van der Waals surface area contributed by atoms with E-state index in [4.69, 9.17) is 22.8 Å². The zero-order valence-corrected chi connectivity index (χ0v) is 42.6. The fourth-order valence-corrected chi connectivity index (χ4v) is 8.14. The summed E-state index contributed by atoms with van der Waals surface area (Å²) < 4.78 is 131. The Morgan fingerprint density at radius 2 is 1.16 bits per heavy atom. The molecule has 2 heterocycles. The first-order valence-electron chi connectivity index (χ1n) is 29.8. The van der Waals surface area contributed by atoms with E-state index in [1.807, 2.05) is 75.4 Å². The summed E-state index contributed by atoms with van der Waals surface area (Å²) in [5.41, 5.74) is 2.00. The van der Waals surface area contributed by atoms with Gasteiger partial charge in [0.2, 0.25) is 0 Å². The van der Waals surface area contributed by atoms with Crippen LogP contribution >= 0.6 is 0 Å². The Labute approximate surface area is 436 Å². The van der Waals surface area contributed by atoms with Crippen LogP contribution in [0.3, 0.4) is 0 Å². The van der Waals surface area contributed by atoms with E-state index in [2.05, 4.69) is 114 Å². The van der Waals surface area contributed by atoms with E-state index >= 15 is 0 Å². The molecule has 8 rings (SSSR count). The number of para-hydroxylation sites is 1. The van der Waals surface area contributed by atoms with Crippen molar-refractivity contribution in [1.82, 2.24) is 14.5 Å². The molecular weight excluding hydrogens is 998 g/mol. The summed E-state index contributed by atoms with van der Waals surface area (Å²) in [6, 6.07) is 30.0. The van der Waals surface area contributed by atoms with Gasteiger partial charge < -0.3 is 5.11 Å². The van der Waals surface area contributed by atoms with Gasteiger partial charge in [-0.3, -0.25) is 9.55 Å². The van der Waals surface area contributed by atoms with Gasteiger partial charge in [0, 0.05) is 56.4 Å². The van der Waals surface area contributed by atoms with Crippen LogP contribution < -0.4 is 0 Å². The molecule has 0 aliphatic heterocycles. The van der Waals surface area contributed by atoms with Crippen molar-refractivity contribution in [2.24, 2.45) is 0 Å². The van der Waals surface area contributed by atoms with Gasteiger partial charge in [0.25, 0.3) is 0 Å². The summed E-state index contributed by atoms with van der Waals surface area (Å²) in [4.78, 5) is 10.1. The Balaban J connectivity index is 0.00000968. The number of benzene rings is 6. The quantitative estimate of drug-likeness (QED) is 0.169. The minimum Gasteiger partial charge on any atom is -0.507 e. The molecular formula is C62H68N3OPt-. The molecule has 348 valence electrons.